The zero-order valence-corrected chi connectivity index (χ0v) is 20.2. The van der Waals surface area contributed by atoms with E-state index in [2.05, 4.69) is 5.32 Å². The molecule has 35 heavy (non-hydrogen) atoms. The summed E-state index contributed by atoms with van der Waals surface area (Å²) in [6, 6.07) is 16.6. The Morgan fingerprint density at radius 2 is 1.46 bits per heavy atom. The average molecular weight is 530 g/mol. The first kappa shape index (κ1) is 24.5. The predicted molar refractivity (Wildman–Crippen MR) is 133 cm³/mol. The second kappa shape index (κ2) is 9.92. The molecular formula is C25H15Cl3N2O5. The Kier molecular flexibility index (Phi) is 6.93. The average Bonchev–Trinajstić information content (AvgIpc) is 3.04. The standard InChI is InChI=1S/C25H15Cl3N2O5/c1-13(31)14-4-9-18(10-5-14)35-25(34)15-2-7-17(8-3-15)29-22-21(28)23(32)30(24(22)33)20-12-16(26)6-11-19(20)27/h2-12,29H,1H3. The minimum atomic E-state index is -0.751. The van der Waals surface area contributed by atoms with Crippen molar-refractivity contribution < 1.29 is 23.9 Å². The van der Waals surface area contributed by atoms with Gasteiger partial charge in [0.25, 0.3) is 11.8 Å². The lowest BCUT2D eigenvalue weighted by Crippen LogP contribution is -2.32. The number of nitrogens with one attached hydrogen (secondary N) is 1. The molecule has 7 nitrogen and oxygen atoms in total. The molecule has 1 aliphatic rings. The SMILES string of the molecule is CC(=O)c1ccc(OC(=O)c2ccc(NC3=C(Cl)C(=O)N(c4cc(Cl)ccc4Cl)C3=O)cc2)cc1. The van der Waals surface area contributed by atoms with Crippen molar-refractivity contribution >= 4 is 69.7 Å². The Morgan fingerprint density at radius 3 is 2.09 bits per heavy atom. The van der Waals surface area contributed by atoms with Crippen LogP contribution < -0.4 is 15.0 Å². The van der Waals surface area contributed by atoms with Crippen LogP contribution in [-0.2, 0) is 9.59 Å². The molecule has 3 aromatic rings. The quantitative estimate of drug-likeness (QED) is 0.186. The van der Waals surface area contributed by atoms with Crippen LogP contribution in [0.3, 0.4) is 0 Å². The molecule has 0 saturated carbocycles. The van der Waals surface area contributed by atoms with Gasteiger partial charge in [-0.3, -0.25) is 14.4 Å². The Hall–Kier alpha value is -3.65. The maximum atomic E-state index is 12.9. The van der Waals surface area contributed by atoms with Crippen LogP contribution in [-0.4, -0.2) is 23.6 Å². The van der Waals surface area contributed by atoms with Crippen LogP contribution in [0.2, 0.25) is 10.0 Å². The van der Waals surface area contributed by atoms with Gasteiger partial charge in [0.05, 0.1) is 16.3 Å². The van der Waals surface area contributed by atoms with Gasteiger partial charge in [-0.15, -0.1) is 0 Å². The van der Waals surface area contributed by atoms with Crippen LogP contribution in [0.5, 0.6) is 5.75 Å². The summed E-state index contributed by atoms with van der Waals surface area (Å²) >= 11 is 18.3. The van der Waals surface area contributed by atoms with Crippen LogP contribution in [0, 0.1) is 0 Å². The molecule has 0 atom stereocenters. The summed E-state index contributed by atoms with van der Waals surface area (Å²) < 4.78 is 5.31. The van der Waals surface area contributed by atoms with E-state index >= 15 is 0 Å². The Labute approximate surface area is 214 Å². The molecule has 1 heterocycles. The molecule has 0 aromatic heterocycles. The molecule has 10 heteroatoms. The largest absolute Gasteiger partial charge is 0.423 e. The molecule has 0 spiro atoms. The number of esters is 1. The molecule has 0 radical (unpaired) electrons. The molecule has 4 rings (SSSR count). The van der Waals surface area contributed by atoms with Crippen LogP contribution in [0.4, 0.5) is 11.4 Å². The van der Waals surface area contributed by atoms with E-state index in [0.29, 0.717) is 16.3 Å². The number of hydrogen-bond acceptors (Lipinski definition) is 6. The van der Waals surface area contributed by atoms with Crippen molar-refractivity contribution in [3.63, 3.8) is 0 Å². The summed E-state index contributed by atoms with van der Waals surface area (Å²) in [7, 11) is 0. The predicted octanol–water partition coefficient (Wildman–Crippen LogP) is 5.85. The molecule has 1 aliphatic heterocycles. The fourth-order valence-corrected chi connectivity index (χ4v) is 3.83. The van der Waals surface area contributed by atoms with Crippen LogP contribution in [0.1, 0.15) is 27.6 Å². The van der Waals surface area contributed by atoms with Crippen molar-refractivity contribution in [2.45, 2.75) is 6.92 Å². The highest BCUT2D eigenvalue weighted by molar-refractivity contribution is 6.54. The van der Waals surface area contributed by atoms with Gasteiger partial charge >= 0.3 is 5.97 Å². The summed E-state index contributed by atoms with van der Waals surface area (Å²) in [5.41, 5.74) is 1.12. The number of ketones is 1. The van der Waals surface area contributed by atoms with Gasteiger partial charge in [0.15, 0.2) is 5.78 Å². The molecule has 0 saturated heterocycles. The number of halogens is 3. The lowest BCUT2D eigenvalue weighted by Gasteiger charge is -2.17. The van der Waals surface area contributed by atoms with E-state index in [4.69, 9.17) is 39.5 Å². The van der Waals surface area contributed by atoms with Gasteiger partial charge in [-0.1, -0.05) is 34.8 Å². The normalized spacial score (nSPS) is 13.3. The number of amides is 2. The minimum absolute atomic E-state index is 0.0950. The number of imide groups is 1. The number of anilines is 2. The molecule has 0 unspecified atom stereocenters. The maximum absolute atomic E-state index is 12.9. The lowest BCUT2D eigenvalue weighted by molar-refractivity contribution is -0.120. The van der Waals surface area contributed by atoms with Crippen LogP contribution >= 0.6 is 34.8 Å². The summed E-state index contributed by atoms with van der Waals surface area (Å²) in [5.74, 6) is -1.88. The molecule has 2 amide bonds. The zero-order chi connectivity index (χ0) is 25.3. The van der Waals surface area contributed by atoms with E-state index in [-0.39, 0.29) is 38.5 Å². The van der Waals surface area contributed by atoms with E-state index in [1.54, 1.807) is 12.1 Å². The monoisotopic (exact) mass is 528 g/mol. The Morgan fingerprint density at radius 1 is 0.829 bits per heavy atom. The van der Waals surface area contributed by atoms with Gasteiger partial charge in [-0.25, -0.2) is 9.69 Å². The molecule has 3 aromatic carbocycles. The summed E-state index contributed by atoms with van der Waals surface area (Å²) in [4.78, 5) is 50.2. The Balaban J connectivity index is 1.47. The van der Waals surface area contributed by atoms with Gasteiger partial charge in [0.1, 0.15) is 16.5 Å². The molecule has 176 valence electrons. The van der Waals surface area contributed by atoms with Gasteiger partial charge in [0.2, 0.25) is 0 Å². The van der Waals surface area contributed by atoms with Gasteiger partial charge in [-0.2, -0.15) is 0 Å². The molecule has 0 bridgehead atoms. The third kappa shape index (κ3) is 5.07. The van der Waals surface area contributed by atoms with Crippen molar-refractivity contribution in [3.8, 4) is 5.75 Å². The van der Waals surface area contributed by atoms with Gasteiger partial charge in [-0.05, 0) is 73.7 Å². The number of carbonyl (C=O) groups excluding carboxylic acids is 4. The zero-order valence-electron chi connectivity index (χ0n) is 18.0. The minimum Gasteiger partial charge on any atom is -0.423 e. The third-order valence-corrected chi connectivity index (χ3v) is 5.94. The fraction of sp³-hybridized carbons (Fsp3) is 0.0400. The van der Waals surface area contributed by atoms with Crippen LogP contribution in [0.15, 0.2) is 77.5 Å². The fourth-order valence-electron chi connectivity index (χ4n) is 3.24. The van der Waals surface area contributed by atoms with Gasteiger partial charge in [0, 0.05) is 16.3 Å². The first-order chi connectivity index (χ1) is 16.7. The van der Waals surface area contributed by atoms with Gasteiger partial charge < -0.3 is 10.1 Å². The number of rotatable bonds is 6. The van der Waals surface area contributed by atoms with Crippen molar-refractivity contribution in [3.05, 3.63) is 98.6 Å². The van der Waals surface area contributed by atoms with E-state index in [1.807, 2.05) is 0 Å². The molecule has 1 N–H and O–H groups in total. The highest BCUT2D eigenvalue weighted by atomic mass is 35.5. The number of hydrogen-bond donors (Lipinski definition) is 1. The summed E-state index contributed by atoms with van der Waals surface area (Å²) in [6.07, 6.45) is 0. The Bertz CT molecular complexity index is 1400. The topological polar surface area (TPSA) is 92.8 Å². The lowest BCUT2D eigenvalue weighted by atomic mass is 10.1. The molecule has 0 fully saturated rings. The third-order valence-electron chi connectivity index (χ3n) is 5.04. The van der Waals surface area contributed by atoms with E-state index in [1.165, 1.54) is 61.5 Å². The number of benzene rings is 3. The molecular weight excluding hydrogens is 515 g/mol. The second-order valence-corrected chi connectivity index (χ2v) is 8.62. The first-order valence-electron chi connectivity index (χ1n) is 10.1. The maximum Gasteiger partial charge on any atom is 0.343 e. The highest BCUT2D eigenvalue weighted by Crippen LogP contribution is 2.35. The van der Waals surface area contributed by atoms with E-state index < -0.39 is 17.8 Å². The summed E-state index contributed by atoms with van der Waals surface area (Å²) in [5, 5.41) is 2.94. The van der Waals surface area contributed by atoms with Crippen molar-refractivity contribution in [1.82, 2.24) is 0 Å². The van der Waals surface area contributed by atoms with Crippen molar-refractivity contribution in [2.75, 3.05) is 10.2 Å². The number of ether oxygens (including phenoxy) is 1. The van der Waals surface area contributed by atoms with E-state index in [0.717, 1.165) is 4.90 Å². The number of nitrogens with zero attached hydrogens (tertiary/aromatic N) is 1. The first-order valence-corrected chi connectivity index (χ1v) is 11.2. The molecule has 0 aliphatic carbocycles. The second-order valence-electron chi connectivity index (χ2n) is 7.40. The highest BCUT2D eigenvalue weighted by Gasteiger charge is 2.40. The smallest absolute Gasteiger partial charge is 0.343 e. The summed E-state index contributed by atoms with van der Waals surface area (Å²) in [6.45, 7) is 1.44. The van der Waals surface area contributed by atoms with E-state index in [9.17, 15) is 19.2 Å². The van der Waals surface area contributed by atoms with Crippen molar-refractivity contribution in [1.29, 1.82) is 0 Å². The number of carbonyl (C=O) groups is 4. The van der Waals surface area contributed by atoms with Crippen molar-refractivity contribution in [2.24, 2.45) is 0 Å². The number of Topliss-reactive ketones (excluding diaryl/α,β-unsaturated/α-hetero) is 1. The van der Waals surface area contributed by atoms with Crippen LogP contribution in [0.25, 0.3) is 0 Å².